The molecule has 0 amide bonds. The first kappa shape index (κ1) is 12.9. The molecule has 0 aliphatic carbocycles. The Morgan fingerprint density at radius 3 is 2.94 bits per heavy atom. The lowest BCUT2D eigenvalue weighted by Crippen LogP contribution is -2.24. The second kappa shape index (κ2) is 7.19. The van der Waals surface area contributed by atoms with Gasteiger partial charge < -0.3 is 10.4 Å². The van der Waals surface area contributed by atoms with E-state index in [1.807, 2.05) is 19.3 Å². The molecule has 0 radical (unpaired) electrons. The van der Waals surface area contributed by atoms with Crippen molar-refractivity contribution in [3.8, 4) is 0 Å². The Kier molecular flexibility index (Phi) is 5.82. The summed E-state index contributed by atoms with van der Waals surface area (Å²) in [6.45, 7) is 5.24. The minimum absolute atomic E-state index is 0.259. The molecule has 90 valence electrons. The highest BCUT2D eigenvalue weighted by molar-refractivity contribution is 5.36. The van der Waals surface area contributed by atoms with Crippen LogP contribution in [-0.2, 0) is 6.54 Å². The van der Waals surface area contributed by atoms with Crippen molar-refractivity contribution in [2.45, 2.75) is 19.9 Å². The zero-order valence-electron chi connectivity index (χ0n) is 10.1. The van der Waals surface area contributed by atoms with Crippen LogP contribution >= 0.6 is 0 Å². The Balaban J connectivity index is 2.55. The first-order valence-corrected chi connectivity index (χ1v) is 5.76. The maximum atomic E-state index is 8.81. The highest BCUT2D eigenvalue weighted by Crippen LogP contribution is 2.09. The second-order valence-corrected chi connectivity index (χ2v) is 3.75. The molecule has 1 rings (SSSR count). The summed E-state index contributed by atoms with van der Waals surface area (Å²) in [4.78, 5) is 6.49. The largest absolute Gasteiger partial charge is 0.396 e. The van der Waals surface area contributed by atoms with Crippen LogP contribution in [-0.4, -0.2) is 41.7 Å². The Morgan fingerprint density at radius 2 is 2.31 bits per heavy atom. The molecule has 0 fully saturated rings. The minimum atomic E-state index is 0.259. The standard InChI is InChI=1S/C12H21N3O/c1-3-15(7-4-8-16)10-11-5-6-14-12(9-11)13-2/h5-6,9,16H,3-4,7-8,10H2,1-2H3,(H,13,14). The highest BCUT2D eigenvalue weighted by Gasteiger charge is 2.03. The zero-order chi connectivity index (χ0) is 11.8. The topological polar surface area (TPSA) is 48.4 Å². The Bertz CT molecular complexity index is 304. The molecule has 0 saturated carbocycles. The van der Waals surface area contributed by atoms with E-state index >= 15 is 0 Å². The molecule has 0 aliphatic rings. The van der Waals surface area contributed by atoms with Crippen LogP contribution in [0, 0.1) is 0 Å². The molecule has 2 N–H and O–H groups in total. The normalized spacial score (nSPS) is 10.8. The van der Waals surface area contributed by atoms with E-state index in [1.54, 1.807) is 0 Å². The maximum absolute atomic E-state index is 8.81. The summed E-state index contributed by atoms with van der Waals surface area (Å²) < 4.78 is 0. The van der Waals surface area contributed by atoms with Crippen LogP contribution in [0.1, 0.15) is 18.9 Å². The van der Waals surface area contributed by atoms with E-state index in [1.165, 1.54) is 5.56 Å². The van der Waals surface area contributed by atoms with Crippen LogP contribution in [0.2, 0.25) is 0 Å². The number of pyridine rings is 1. The lowest BCUT2D eigenvalue weighted by atomic mass is 10.2. The van der Waals surface area contributed by atoms with Crippen LogP contribution in [0.3, 0.4) is 0 Å². The van der Waals surface area contributed by atoms with Crippen molar-refractivity contribution >= 4 is 5.82 Å². The molecule has 0 aromatic carbocycles. The van der Waals surface area contributed by atoms with Crippen molar-refractivity contribution in [1.82, 2.24) is 9.88 Å². The Labute approximate surface area is 97.3 Å². The van der Waals surface area contributed by atoms with E-state index in [-0.39, 0.29) is 6.61 Å². The Hall–Kier alpha value is -1.13. The number of anilines is 1. The predicted octanol–water partition coefficient (Wildman–Crippen LogP) is 1.33. The summed E-state index contributed by atoms with van der Waals surface area (Å²) in [6, 6.07) is 4.09. The summed E-state index contributed by atoms with van der Waals surface area (Å²) in [6.07, 6.45) is 2.65. The summed E-state index contributed by atoms with van der Waals surface area (Å²) in [5.74, 6) is 0.899. The van der Waals surface area contributed by atoms with E-state index in [2.05, 4.69) is 28.2 Å². The fourth-order valence-electron chi connectivity index (χ4n) is 1.61. The van der Waals surface area contributed by atoms with Gasteiger partial charge in [0.05, 0.1) is 0 Å². The van der Waals surface area contributed by atoms with Gasteiger partial charge in [0.2, 0.25) is 0 Å². The molecule has 1 aromatic rings. The number of aliphatic hydroxyl groups is 1. The fraction of sp³-hybridized carbons (Fsp3) is 0.583. The molecule has 1 heterocycles. The van der Waals surface area contributed by atoms with E-state index in [4.69, 9.17) is 5.11 Å². The molecule has 0 bridgehead atoms. The number of hydrogen-bond acceptors (Lipinski definition) is 4. The average Bonchev–Trinajstić information content (AvgIpc) is 2.34. The Morgan fingerprint density at radius 1 is 1.50 bits per heavy atom. The molecular weight excluding hydrogens is 202 g/mol. The molecule has 4 nitrogen and oxygen atoms in total. The van der Waals surface area contributed by atoms with Crippen LogP contribution in [0.25, 0.3) is 0 Å². The van der Waals surface area contributed by atoms with E-state index in [9.17, 15) is 0 Å². The number of aromatic nitrogens is 1. The van der Waals surface area contributed by atoms with Gasteiger partial charge in [0.25, 0.3) is 0 Å². The van der Waals surface area contributed by atoms with E-state index in [0.717, 1.165) is 31.9 Å². The fourth-order valence-corrected chi connectivity index (χ4v) is 1.61. The van der Waals surface area contributed by atoms with E-state index in [0.29, 0.717) is 0 Å². The highest BCUT2D eigenvalue weighted by atomic mass is 16.3. The predicted molar refractivity (Wildman–Crippen MR) is 66.4 cm³/mol. The minimum Gasteiger partial charge on any atom is -0.396 e. The monoisotopic (exact) mass is 223 g/mol. The van der Waals surface area contributed by atoms with Gasteiger partial charge in [-0.2, -0.15) is 0 Å². The first-order valence-electron chi connectivity index (χ1n) is 5.76. The summed E-state index contributed by atoms with van der Waals surface area (Å²) in [7, 11) is 1.87. The van der Waals surface area contributed by atoms with Gasteiger partial charge in [-0.25, -0.2) is 4.98 Å². The van der Waals surface area contributed by atoms with Gasteiger partial charge in [0, 0.05) is 32.9 Å². The van der Waals surface area contributed by atoms with Crippen molar-refractivity contribution in [3.05, 3.63) is 23.9 Å². The lowest BCUT2D eigenvalue weighted by molar-refractivity contribution is 0.225. The first-order chi connectivity index (χ1) is 7.80. The van der Waals surface area contributed by atoms with Gasteiger partial charge in [-0.1, -0.05) is 6.92 Å². The number of nitrogens with one attached hydrogen (secondary N) is 1. The second-order valence-electron chi connectivity index (χ2n) is 3.75. The van der Waals surface area contributed by atoms with Gasteiger partial charge in [-0.3, -0.25) is 4.90 Å². The number of nitrogens with zero attached hydrogens (tertiary/aromatic N) is 2. The third kappa shape index (κ3) is 4.16. The summed E-state index contributed by atoms with van der Waals surface area (Å²) >= 11 is 0. The van der Waals surface area contributed by atoms with Crippen molar-refractivity contribution in [2.24, 2.45) is 0 Å². The van der Waals surface area contributed by atoms with E-state index < -0.39 is 0 Å². The van der Waals surface area contributed by atoms with Crippen LogP contribution in [0.4, 0.5) is 5.82 Å². The molecular formula is C12H21N3O. The lowest BCUT2D eigenvalue weighted by Gasteiger charge is -2.20. The molecule has 0 spiro atoms. The summed E-state index contributed by atoms with van der Waals surface area (Å²) in [5, 5.41) is 11.8. The van der Waals surface area contributed by atoms with Crippen molar-refractivity contribution in [1.29, 1.82) is 0 Å². The molecule has 0 unspecified atom stereocenters. The third-order valence-corrected chi connectivity index (χ3v) is 2.57. The molecule has 0 saturated heterocycles. The smallest absolute Gasteiger partial charge is 0.125 e. The third-order valence-electron chi connectivity index (χ3n) is 2.57. The molecule has 4 heteroatoms. The molecule has 16 heavy (non-hydrogen) atoms. The van der Waals surface area contributed by atoms with Gasteiger partial charge in [-0.15, -0.1) is 0 Å². The number of rotatable bonds is 7. The molecule has 0 atom stereocenters. The molecule has 1 aromatic heterocycles. The van der Waals surface area contributed by atoms with Crippen LogP contribution < -0.4 is 5.32 Å². The van der Waals surface area contributed by atoms with Gasteiger partial charge in [0.15, 0.2) is 0 Å². The van der Waals surface area contributed by atoms with Crippen molar-refractivity contribution in [3.63, 3.8) is 0 Å². The summed E-state index contributed by atoms with van der Waals surface area (Å²) in [5.41, 5.74) is 1.25. The van der Waals surface area contributed by atoms with Crippen LogP contribution in [0.5, 0.6) is 0 Å². The van der Waals surface area contributed by atoms with Gasteiger partial charge in [-0.05, 0) is 30.7 Å². The van der Waals surface area contributed by atoms with Gasteiger partial charge >= 0.3 is 0 Å². The maximum Gasteiger partial charge on any atom is 0.125 e. The van der Waals surface area contributed by atoms with Crippen molar-refractivity contribution in [2.75, 3.05) is 32.1 Å². The molecule has 0 aliphatic heterocycles. The van der Waals surface area contributed by atoms with Crippen LogP contribution in [0.15, 0.2) is 18.3 Å². The zero-order valence-corrected chi connectivity index (χ0v) is 10.1. The number of aliphatic hydroxyl groups excluding tert-OH is 1. The quantitative estimate of drug-likeness (QED) is 0.732. The van der Waals surface area contributed by atoms with Gasteiger partial charge in [0.1, 0.15) is 5.82 Å². The SMILES string of the molecule is CCN(CCCO)Cc1ccnc(NC)c1. The van der Waals surface area contributed by atoms with Crippen molar-refractivity contribution < 1.29 is 5.11 Å². The number of hydrogen-bond donors (Lipinski definition) is 2. The average molecular weight is 223 g/mol.